The van der Waals surface area contributed by atoms with E-state index in [2.05, 4.69) is 45.2 Å². The molecule has 5 nitrogen and oxygen atoms in total. The van der Waals surface area contributed by atoms with Crippen molar-refractivity contribution in [1.29, 1.82) is 0 Å². The molecule has 0 heterocycles. The van der Waals surface area contributed by atoms with Crippen molar-refractivity contribution in [2.75, 3.05) is 40.8 Å². The van der Waals surface area contributed by atoms with Crippen LogP contribution in [0, 0.1) is 0 Å². The smallest absolute Gasteiger partial charge is 0.244 e. The zero-order valence-corrected chi connectivity index (χ0v) is 34.5. The van der Waals surface area contributed by atoms with Crippen LogP contribution in [0.3, 0.4) is 0 Å². The highest BCUT2D eigenvalue weighted by molar-refractivity contribution is 5.87. The minimum Gasteiger partial charge on any atom is -0.345 e. The number of hydrogen-bond donors (Lipinski definition) is 1. The van der Waals surface area contributed by atoms with Gasteiger partial charge in [0.25, 0.3) is 0 Å². The molecular weight excluding hydrogens is 603 g/mol. The third-order valence-corrected chi connectivity index (χ3v) is 10.4. The summed E-state index contributed by atoms with van der Waals surface area (Å²) in [5, 5.41) is 3.04. The standard InChI is InChI=1S/C44H89N3O2/c1-7-9-11-13-15-17-19-21-23-25-27-29-31-35-39-46(40-36-32-30-28-26-24-22-20-18-16-14-12-10-8-2)44(49)42(3)45-43(48)38-34-33-37-41-47(4,5)6/h42H,7-41H2,1-6H3/p+1. The van der Waals surface area contributed by atoms with Crippen LogP contribution in [0.25, 0.3) is 0 Å². The fourth-order valence-corrected chi connectivity index (χ4v) is 7.02. The van der Waals surface area contributed by atoms with Crippen molar-refractivity contribution in [3.05, 3.63) is 0 Å². The summed E-state index contributed by atoms with van der Waals surface area (Å²) in [4.78, 5) is 28.2. The highest BCUT2D eigenvalue weighted by Gasteiger charge is 2.21. The number of hydrogen-bond acceptors (Lipinski definition) is 2. The molecule has 0 aliphatic heterocycles. The lowest BCUT2D eigenvalue weighted by atomic mass is 10.0. The van der Waals surface area contributed by atoms with Gasteiger partial charge in [-0.1, -0.05) is 181 Å². The van der Waals surface area contributed by atoms with Crippen molar-refractivity contribution >= 4 is 11.8 Å². The van der Waals surface area contributed by atoms with E-state index in [9.17, 15) is 9.59 Å². The third kappa shape index (κ3) is 35.1. The summed E-state index contributed by atoms with van der Waals surface area (Å²) in [6, 6.07) is -0.433. The maximum absolute atomic E-state index is 13.5. The van der Waals surface area contributed by atoms with Crippen LogP contribution in [-0.4, -0.2) is 68.0 Å². The maximum Gasteiger partial charge on any atom is 0.244 e. The molecule has 0 rings (SSSR count). The van der Waals surface area contributed by atoms with Gasteiger partial charge in [-0.05, 0) is 39.0 Å². The molecule has 0 saturated heterocycles. The second-order valence-corrected chi connectivity index (χ2v) is 16.6. The van der Waals surface area contributed by atoms with Crippen molar-refractivity contribution in [3.63, 3.8) is 0 Å². The quantitative estimate of drug-likeness (QED) is 0.0517. The van der Waals surface area contributed by atoms with Gasteiger partial charge in [0.1, 0.15) is 6.04 Å². The van der Waals surface area contributed by atoms with E-state index < -0.39 is 6.04 Å². The van der Waals surface area contributed by atoms with Crippen LogP contribution in [0.4, 0.5) is 0 Å². The Morgan fingerprint density at radius 2 is 0.776 bits per heavy atom. The van der Waals surface area contributed by atoms with Crippen molar-refractivity contribution in [2.24, 2.45) is 0 Å². The third-order valence-electron chi connectivity index (χ3n) is 10.4. The predicted octanol–water partition coefficient (Wildman–Crippen LogP) is 12.5. The van der Waals surface area contributed by atoms with E-state index in [0.717, 1.165) is 56.2 Å². The molecular formula is C44H90N3O2+. The van der Waals surface area contributed by atoms with Gasteiger partial charge >= 0.3 is 0 Å². The predicted molar refractivity (Wildman–Crippen MR) is 216 cm³/mol. The highest BCUT2D eigenvalue weighted by Crippen LogP contribution is 2.15. The van der Waals surface area contributed by atoms with Gasteiger partial charge in [0.2, 0.25) is 11.8 Å². The summed E-state index contributed by atoms with van der Waals surface area (Å²) in [5.74, 6) is 0.141. The molecule has 0 aromatic heterocycles. The molecule has 0 aromatic carbocycles. The summed E-state index contributed by atoms with van der Waals surface area (Å²) in [6.45, 7) is 9.26. The Labute approximate surface area is 308 Å². The SMILES string of the molecule is CCCCCCCCCCCCCCCCN(CCCCCCCCCCCCCCCC)C(=O)C(C)NC(=O)CCCCC[N+](C)(C)C. The Balaban J connectivity index is 4.35. The first-order chi connectivity index (χ1) is 23.7. The molecule has 292 valence electrons. The molecule has 0 saturated carbocycles. The molecule has 1 unspecified atom stereocenters. The Bertz CT molecular complexity index is 687. The summed E-state index contributed by atoms with van der Waals surface area (Å²) < 4.78 is 0.964. The number of nitrogens with one attached hydrogen (secondary N) is 1. The zero-order chi connectivity index (χ0) is 36.3. The molecule has 0 radical (unpaired) electrons. The summed E-state index contributed by atoms with van der Waals surface area (Å²) in [6.07, 6.45) is 41.3. The van der Waals surface area contributed by atoms with Gasteiger partial charge in [-0.15, -0.1) is 0 Å². The van der Waals surface area contributed by atoms with Gasteiger partial charge < -0.3 is 14.7 Å². The number of rotatable bonds is 38. The molecule has 0 spiro atoms. The van der Waals surface area contributed by atoms with Gasteiger partial charge in [-0.2, -0.15) is 0 Å². The van der Waals surface area contributed by atoms with Gasteiger partial charge in [0.05, 0.1) is 27.7 Å². The minimum atomic E-state index is -0.433. The lowest BCUT2D eigenvalue weighted by molar-refractivity contribution is -0.870. The highest BCUT2D eigenvalue weighted by atomic mass is 16.2. The second-order valence-electron chi connectivity index (χ2n) is 16.6. The van der Waals surface area contributed by atoms with Gasteiger partial charge in [-0.25, -0.2) is 0 Å². The molecule has 0 bridgehead atoms. The molecule has 0 aliphatic rings. The number of carbonyl (C=O) groups is 2. The Morgan fingerprint density at radius 3 is 1.10 bits per heavy atom. The van der Waals surface area contributed by atoms with Gasteiger partial charge in [0.15, 0.2) is 0 Å². The van der Waals surface area contributed by atoms with Crippen LogP contribution < -0.4 is 5.32 Å². The molecule has 1 N–H and O–H groups in total. The topological polar surface area (TPSA) is 49.4 Å². The normalized spacial score (nSPS) is 12.4. The molecule has 2 amide bonds. The van der Waals surface area contributed by atoms with E-state index in [1.807, 2.05) is 6.92 Å². The van der Waals surface area contributed by atoms with E-state index in [-0.39, 0.29) is 11.8 Å². The number of amides is 2. The molecule has 5 heteroatoms. The summed E-state index contributed by atoms with van der Waals surface area (Å²) in [7, 11) is 6.63. The largest absolute Gasteiger partial charge is 0.345 e. The van der Waals surface area contributed by atoms with Gasteiger partial charge in [-0.3, -0.25) is 9.59 Å². The van der Waals surface area contributed by atoms with Crippen molar-refractivity contribution in [3.8, 4) is 0 Å². The monoisotopic (exact) mass is 693 g/mol. The maximum atomic E-state index is 13.5. The molecule has 49 heavy (non-hydrogen) atoms. The summed E-state index contributed by atoms with van der Waals surface area (Å²) >= 11 is 0. The van der Waals surface area contributed by atoms with Crippen LogP contribution in [-0.2, 0) is 9.59 Å². The molecule has 0 aliphatic carbocycles. The number of unbranched alkanes of at least 4 members (excludes halogenated alkanes) is 28. The van der Waals surface area contributed by atoms with Crippen LogP contribution in [0.2, 0.25) is 0 Å². The van der Waals surface area contributed by atoms with E-state index in [1.165, 1.54) is 167 Å². The molecule has 0 fully saturated rings. The van der Waals surface area contributed by atoms with Crippen molar-refractivity contribution < 1.29 is 14.1 Å². The average molecular weight is 693 g/mol. The molecule has 1 atom stereocenters. The fourth-order valence-electron chi connectivity index (χ4n) is 7.02. The fraction of sp³-hybridized carbons (Fsp3) is 0.955. The first-order valence-corrected chi connectivity index (χ1v) is 22.1. The molecule has 0 aromatic rings. The van der Waals surface area contributed by atoms with Crippen LogP contribution >= 0.6 is 0 Å². The van der Waals surface area contributed by atoms with Crippen LogP contribution in [0.15, 0.2) is 0 Å². The van der Waals surface area contributed by atoms with E-state index in [1.54, 1.807) is 0 Å². The summed E-state index contributed by atoms with van der Waals surface area (Å²) in [5.41, 5.74) is 0. The van der Waals surface area contributed by atoms with Crippen LogP contribution in [0.5, 0.6) is 0 Å². The second kappa shape index (κ2) is 35.3. The Morgan fingerprint density at radius 1 is 0.469 bits per heavy atom. The van der Waals surface area contributed by atoms with Crippen molar-refractivity contribution in [1.82, 2.24) is 10.2 Å². The van der Waals surface area contributed by atoms with E-state index >= 15 is 0 Å². The van der Waals surface area contributed by atoms with Crippen LogP contribution in [0.1, 0.15) is 226 Å². The zero-order valence-electron chi connectivity index (χ0n) is 34.5. The number of quaternary nitrogens is 1. The van der Waals surface area contributed by atoms with E-state index in [0.29, 0.717) is 6.42 Å². The number of nitrogens with zero attached hydrogens (tertiary/aromatic N) is 2. The first-order valence-electron chi connectivity index (χ1n) is 22.1. The Hall–Kier alpha value is -1.10. The first kappa shape index (κ1) is 47.9. The van der Waals surface area contributed by atoms with Gasteiger partial charge in [0, 0.05) is 19.5 Å². The average Bonchev–Trinajstić information content (AvgIpc) is 3.06. The number of carbonyl (C=O) groups excluding carboxylic acids is 2. The van der Waals surface area contributed by atoms with Crippen molar-refractivity contribution in [2.45, 2.75) is 232 Å². The Kier molecular flexibility index (Phi) is 34.5. The minimum absolute atomic E-state index is 0.0269. The lowest BCUT2D eigenvalue weighted by Crippen LogP contribution is -2.47. The van der Waals surface area contributed by atoms with E-state index in [4.69, 9.17) is 0 Å². The lowest BCUT2D eigenvalue weighted by Gasteiger charge is -2.26.